The molecule has 5 nitrogen and oxygen atoms in total. The van der Waals surface area contributed by atoms with E-state index >= 15 is 0 Å². The van der Waals surface area contributed by atoms with Crippen LogP contribution in [0.15, 0.2) is 52.9 Å². The van der Waals surface area contributed by atoms with Crippen LogP contribution in [0.25, 0.3) is 10.2 Å². The molecule has 3 aromatic rings. The quantitative estimate of drug-likeness (QED) is 0.542. The second kappa shape index (κ2) is 9.21. The molecule has 3 rings (SSSR count). The van der Waals surface area contributed by atoms with Crippen LogP contribution in [0.2, 0.25) is 0 Å². The van der Waals surface area contributed by atoms with E-state index in [1.807, 2.05) is 44.2 Å². The molecule has 2 aromatic carbocycles. The number of benzene rings is 2. The lowest BCUT2D eigenvalue weighted by molar-refractivity contribution is -0.120. The summed E-state index contributed by atoms with van der Waals surface area (Å²) < 4.78 is 2.21. The molecule has 1 aromatic heterocycles. The fourth-order valence-electron chi connectivity index (χ4n) is 2.76. The largest absolute Gasteiger partial charge is 0.368 e. The van der Waals surface area contributed by atoms with Gasteiger partial charge in [0.05, 0.1) is 10.2 Å². The smallest absolute Gasteiger partial charge is 0.251 e. The Morgan fingerprint density at radius 2 is 1.89 bits per heavy atom. The maximum atomic E-state index is 12.4. The summed E-state index contributed by atoms with van der Waals surface area (Å²) in [5.74, 6) is -0.0228. The van der Waals surface area contributed by atoms with Crippen LogP contribution < -0.4 is 11.1 Å². The van der Waals surface area contributed by atoms with E-state index in [9.17, 15) is 9.59 Å². The number of rotatable bonds is 8. The van der Waals surface area contributed by atoms with Crippen molar-refractivity contribution < 1.29 is 9.59 Å². The lowest BCUT2D eigenvalue weighted by Crippen LogP contribution is -2.48. The lowest BCUT2D eigenvalue weighted by Gasteiger charge is -2.21. The number of aromatic nitrogens is 1. The summed E-state index contributed by atoms with van der Waals surface area (Å²) in [6, 6.07) is 14.8. The zero-order valence-electron chi connectivity index (χ0n) is 15.8. The van der Waals surface area contributed by atoms with Crippen molar-refractivity contribution in [1.29, 1.82) is 0 Å². The Kier molecular flexibility index (Phi) is 6.70. The lowest BCUT2D eigenvalue weighted by atomic mass is 9.98. The number of primary amides is 1. The summed E-state index contributed by atoms with van der Waals surface area (Å²) in [5, 5.41) is 2.75. The summed E-state index contributed by atoms with van der Waals surface area (Å²) in [5.41, 5.74) is 8.07. The zero-order valence-corrected chi connectivity index (χ0v) is 17.5. The number of nitrogens with zero attached hydrogens (tertiary/aromatic N) is 1. The molecule has 0 bridgehead atoms. The molecule has 0 saturated heterocycles. The van der Waals surface area contributed by atoms with Crippen molar-refractivity contribution in [2.75, 3.05) is 0 Å². The van der Waals surface area contributed by atoms with Gasteiger partial charge in [0.1, 0.15) is 6.04 Å². The van der Waals surface area contributed by atoms with Crippen LogP contribution in [0.4, 0.5) is 0 Å². The number of hydrogen-bond acceptors (Lipinski definition) is 5. The van der Waals surface area contributed by atoms with Crippen LogP contribution in [0.3, 0.4) is 0 Å². The molecule has 0 aliphatic carbocycles. The Balaban J connectivity index is 1.60. The van der Waals surface area contributed by atoms with E-state index in [-0.39, 0.29) is 11.8 Å². The second-order valence-electron chi connectivity index (χ2n) is 6.67. The van der Waals surface area contributed by atoms with Gasteiger partial charge < -0.3 is 11.1 Å². The summed E-state index contributed by atoms with van der Waals surface area (Å²) in [6.45, 7) is 3.86. The van der Waals surface area contributed by atoms with Crippen molar-refractivity contribution in [3.63, 3.8) is 0 Å². The molecular weight excluding hydrogens is 390 g/mol. The van der Waals surface area contributed by atoms with Gasteiger partial charge in [-0.15, -0.1) is 11.3 Å². The minimum atomic E-state index is -0.660. The van der Waals surface area contributed by atoms with Crippen molar-refractivity contribution >= 4 is 45.1 Å². The number of fused-ring (bicyclic) bond motifs is 1. The van der Waals surface area contributed by atoms with Gasteiger partial charge in [-0.05, 0) is 35.7 Å². The standard InChI is InChI=1S/C21H23N3O2S2/c1-3-13(2)18(19(22)25)24-20(26)15-10-8-14(9-11-15)12-27-21-23-16-6-4-5-7-17(16)28-21/h4-11,13,18H,3,12H2,1-2H3,(H2,22,25)(H,24,26). The van der Waals surface area contributed by atoms with Gasteiger partial charge in [-0.1, -0.05) is 56.3 Å². The van der Waals surface area contributed by atoms with Crippen LogP contribution >= 0.6 is 23.1 Å². The van der Waals surface area contributed by atoms with E-state index in [2.05, 4.69) is 16.4 Å². The summed E-state index contributed by atoms with van der Waals surface area (Å²) in [4.78, 5) is 28.7. The third-order valence-electron chi connectivity index (χ3n) is 4.66. The molecule has 146 valence electrons. The fourth-order valence-corrected chi connectivity index (χ4v) is 4.79. The average molecular weight is 414 g/mol. The first-order valence-electron chi connectivity index (χ1n) is 9.15. The van der Waals surface area contributed by atoms with Gasteiger partial charge in [0.15, 0.2) is 4.34 Å². The Bertz CT molecular complexity index is 936. The number of para-hydroxylation sites is 1. The second-order valence-corrected chi connectivity index (χ2v) is 8.93. The maximum absolute atomic E-state index is 12.4. The van der Waals surface area contributed by atoms with E-state index < -0.39 is 11.9 Å². The monoisotopic (exact) mass is 413 g/mol. The molecule has 7 heteroatoms. The summed E-state index contributed by atoms with van der Waals surface area (Å²) >= 11 is 3.36. The third-order valence-corrected chi connectivity index (χ3v) is 6.91. The van der Waals surface area contributed by atoms with Gasteiger partial charge in [-0.2, -0.15) is 0 Å². The molecule has 28 heavy (non-hydrogen) atoms. The number of thiazole rings is 1. The topological polar surface area (TPSA) is 85.1 Å². The number of hydrogen-bond donors (Lipinski definition) is 2. The number of nitrogens with one attached hydrogen (secondary N) is 1. The molecule has 2 atom stereocenters. The minimum Gasteiger partial charge on any atom is -0.368 e. The number of carbonyl (C=O) groups is 2. The highest BCUT2D eigenvalue weighted by molar-refractivity contribution is 8.00. The molecule has 2 amide bonds. The van der Waals surface area contributed by atoms with Gasteiger partial charge >= 0.3 is 0 Å². The van der Waals surface area contributed by atoms with Gasteiger partial charge in [-0.25, -0.2) is 4.98 Å². The molecule has 0 aliphatic heterocycles. The Labute approximate surface area is 172 Å². The van der Waals surface area contributed by atoms with Crippen LogP contribution in [-0.2, 0) is 10.5 Å². The summed E-state index contributed by atoms with van der Waals surface area (Å²) in [6.07, 6.45) is 0.760. The third kappa shape index (κ3) is 4.91. The van der Waals surface area contributed by atoms with Crippen molar-refractivity contribution in [1.82, 2.24) is 10.3 Å². The molecule has 0 fully saturated rings. The fraction of sp³-hybridized carbons (Fsp3) is 0.286. The van der Waals surface area contributed by atoms with Crippen LogP contribution in [0, 0.1) is 5.92 Å². The molecule has 0 saturated carbocycles. The SMILES string of the molecule is CCC(C)C(NC(=O)c1ccc(CSc2nc3ccccc3s2)cc1)C(N)=O. The van der Waals surface area contributed by atoms with Gasteiger partial charge in [-0.3, -0.25) is 9.59 Å². The van der Waals surface area contributed by atoms with Gasteiger partial charge in [0.25, 0.3) is 5.91 Å². The highest BCUT2D eigenvalue weighted by Crippen LogP contribution is 2.31. The van der Waals surface area contributed by atoms with E-state index in [0.29, 0.717) is 5.56 Å². The van der Waals surface area contributed by atoms with Gasteiger partial charge in [0, 0.05) is 11.3 Å². The van der Waals surface area contributed by atoms with Crippen LogP contribution in [0.5, 0.6) is 0 Å². The maximum Gasteiger partial charge on any atom is 0.251 e. The number of amides is 2. The van der Waals surface area contributed by atoms with Crippen molar-refractivity contribution in [3.8, 4) is 0 Å². The minimum absolute atomic E-state index is 0.00840. The predicted octanol–water partition coefficient (Wildman–Crippen LogP) is 4.22. The Hall–Kier alpha value is -2.38. The van der Waals surface area contributed by atoms with E-state index in [1.165, 1.54) is 4.70 Å². The van der Waals surface area contributed by atoms with E-state index in [1.54, 1.807) is 35.2 Å². The number of carbonyl (C=O) groups excluding carboxylic acids is 2. The van der Waals surface area contributed by atoms with Crippen molar-refractivity contribution in [2.45, 2.75) is 36.4 Å². The number of nitrogens with two attached hydrogens (primary N) is 1. The first-order chi connectivity index (χ1) is 13.5. The van der Waals surface area contributed by atoms with E-state index in [0.717, 1.165) is 27.6 Å². The first kappa shape index (κ1) is 20.4. The first-order valence-corrected chi connectivity index (χ1v) is 11.0. The Morgan fingerprint density at radius 3 is 2.54 bits per heavy atom. The number of thioether (sulfide) groups is 1. The molecule has 0 radical (unpaired) electrons. The van der Waals surface area contributed by atoms with Crippen molar-refractivity contribution in [3.05, 3.63) is 59.7 Å². The molecule has 0 aliphatic rings. The molecule has 3 N–H and O–H groups in total. The van der Waals surface area contributed by atoms with Gasteiger partial charge in [0.2, 0.25) is 5.91 Å². The molecule has 1 heterocycles. The summed E-state index contributed by atoms with van der Waals surface area (Å²) in [7, 11) is 0. The zero-order chi connectivity index (χ0) is 20.1. The average Bonchev–Trinajstić information content (AvgIpc) is 3.13. The normalized spacial score (nSPS) is 13.2. The van der Waals surface area contributed by atoms with Crippen LogP contribution in [0.1, 0.15) is 36.2 Å². The highest BCUT2D eigenvalue weighted by atomic mass is 32.2. The molecule has 2 unspecified atom stereocenters. The van der Waals surface area contributed by atoms with E-state index in [4.69, 9.17) is 5.73 Å². The Morgan fingerprint density at radius 1 is 1.18 bits per heavy atom. The predicted molar refractivity (Wildman–Crippen MR) is 116 cm³/mol. The van der Waals surface area contributed by atoms with Crippen molar-refractivity contribution in [2.24, 2.45) is 11.7 Å². The van der Waals surface area contributed by atoms with Crippen LogP contribution in [-0.4, -0.2) is 22.8 Å². The molecule has 0 spiro atoms. The highest BCUT2D eigenvalue weighted by Gasteiger charge is 2.24. The molecular formula is C21H23N3O2S2.